The Morgan fingerprint density at radius 2 is 1.27 bits per heavy atom. The highest BCUT2D eigenvalue weighted by molar-refractivity contribution is 6.03. The number of Topliss-reactive ketones (excluding diaryl/α,β-unsaturated/α-hetero) is 1. The molecule has 1 N–H and O–H groups in total. The Bertz CT molecular complexity index is 672. The van der Waals surface area contributed by atoms with Crippen LogP contribution in [0.1, 0.15) is 49.8 Å². The summed E-state index contributed by atoms with van der Waals surface area (Å²) in [5, 5.41) is 3.18. The van der Waals surface area contributed by atoms with Gasteiger partial charge >= 0.3 is 0 Å². The van der Waals surface area contributed by atoms with E-state index in [-0.39, 0.29) is 11.8 Å². The monoisotopic (exact) mass is 295 g/mol. The lowest BCUT2D eigenvalue weighted by Gasteiger charge is -2.22. The van der Waals surface area contributed by atoms with Gasteiger partial charge in [0, 0.05) is 5.56 Å². The number of carbonyl (C=O) groups excluding carboxylic acids is 1. The zero-order chi connectivity index (χ0) is 16.4. The van der Waals surface area contributed by atoms with E-state index in [2.05, 4.69) is 39.9 Å². The first-order chi connectivity index (χ1) is 10.4. The van der Waals surface area contributed by atoms with Crippen molar-refractivity contribution in [3.63, 3.8) is 0 Å². The summed E-state index contributed by atoms with van der Waals surface area (Å²) in [6.45, 7) is 10.4. The molecule has 0 heterocycles. The number of nitrogens with one attached hydrogen (secondary N) is 1. The van der Waals surface area contributed by atoms with Crippen molar-refractivity contribution >= 4 is 5.78 Å². The fourth-order valence-electron chi connectivity index (χ4n) is 3.11. The van der Waals surface area contributed by atoms with Crippen LogP contribution in [0.25, 0.3) is 0 Å². The summed E-state index contributed by atoms with van der Waals surface area (Å²) >= 11 is 0. The second-order valence-electron chi connectivity index (χ2n) is 6.00. The number of rotatable bonds is 4. The third-order valence-electron chi connectivity index (χ3n) is 4.93. The molecular formula is C20H25NO. The molecule has 2 heteroatoms. The molecule has 0 aliphatic carbocycles. The van der Waals surface area contributed by atoms with Gasteiger partial charge in [0.25, 0.3) is 0 Å². The summed E-state index contributed by atoms with van der Waals surface area (Å²) in [5.41, 5.74) is 7.79. The number of carbonyl (C=O) groups is 1. The van der Waals surface area contributed by atoms with E-state index in [1.807, 2.05) is 37.4 Å². The van der Waals surface area contributed by atoms with Crippen molar-refractivity contribution in [1.29, 1.82) is 0 Å². The number of hydrogen-bond acceptors (Lipinski definition) is 2. The van der Waals surface area contributed by atoms with Gasteiger partial charge in [-0.25, -0.2) is 0 Å². The minimum atomic E-state index is -0.305. The lowest BCUT2D eigenvalue weighted by Crippen LogP contribution is -2.27. The van der Waals surface area contributed by atoms with Crippen molar-refractivity contribution in [1.82, 2.24) is 5.32 Å². The van der Waals surface area contributed by atoms with Crippen LogP contribution < -0.4 is 5.32 Å². The van der Waals surface area contributed by atoms with Gasteiger partial charge in [-0.2, -0.15) is 0 Å². The quantitative estimate of drug-likeness (QED) is 0.849. The molecule has 2 nitrogen and oxygen atoms in total. The number of benzene rings is 2. The van der Waals surface area contributed by atoms with Crippen LogP contribution in [0.4, 0.5) is 0 Å². The summed E-state index contributed by atoms with van der Waals surface area (Å²) in [6, 6.07) is 9.60. The maximum Gasteiger partial charge on any atom is 0.184 e. The average Bonchev–Trinajstić information content (AvgIpc) is 2.53. The molecule has 0 aromatic heterocycles. The summed E-state index contributed by atoms with van der Waals surface area (Å²) < 4.78 is 0. The molecule has 0 amide bonds. The van der Waals surface area contributed by atoms with Gasteiger partial charge in [0.05, 0.1) is 6.04 Å². The topological polar surface area (TPSA) is 29.1 Å². The van der Waals surface area contributed by atoms with Crippen LogP contribution in [0.2, 0.25) is 0 Å². The summed E-state index contributed by atoms with van der Waals surface area (Å²) in [6.07, 6.45) is 0. The Labute approximate surface area is 133 Å². The molecule has 0 spiro atoms. The molecule has 1 unspecified atom stereocenters. The Morgan fingerprint density at radius 1 is 0.818 bits per heavy atom. The van der Waals surface area contributed by atoms with E-state index in [0.29, 0.717) is 0 Å². The van der Waals surface area contributed by atoms with Crippen LogP contribution in [0.15, 0.2) is 30.3 Å². The van der Waals surface area contributed by atoms with Crippen molar-refractivity contribution in [3.8, 4) is 0 Å². The highest BCUT2D eigenvalue weighted by Gasteiger charge is 2.25. The fraction of sp³-hybridized carbons (Fsp3) is 0.350. The van der Waals surface area contributed by atoms with Crippen molar-refractivity contribution in [3.05, 3.63) is 69.3 Å². The van der Waals surface area contributed by atoms with Gasteiger partial charge in [-0.15, -0.1) is 0 Å². The third-order valence-corrected chi connectivity index (χ3v) is 4.93. The molecule has 0 bridgehead atoms. The van der Waals surface area contributed by atoms with E-state index in [1.165, 1.54) is 16.7 Å². The molecule has 1 atom stereocenters. The first-order valence-electron chi connectivity index (χ1n) is 7.73. The molecule has 0 aliphatic rings. The molecule has 0 radical (unpaired) electrons. The minimum Gasteiger partial charge on any atom is -0.307 e. The summed E-state index contributed by atoms with van der Waals surface area (Å²) in [4.78, 5) is 13.2. The SMILES string of the molecule is CNC(C(=O)c1c(C)c(C)c(C)c(C)c1C)c1ccccc1. The molecule has 22 heavy (non-hydrogen) atoms. The molecule has 2 aromatic rings. The average molecular weight is 295 g/mol. The Balaban J connectivity index is 2.58. The second kappa shape index (κ2) is 6.45. The molecule has 116 valence electrons. The Morgan fingerprint density at radius 3 is 1.73 bits per heavy atom. The number of likely N-dealkylation sites (N-methyl/N-ethyl adjacent to an activating group) is 1. The van der Waals surface area contributed by atoms with E-state index in [9.17, 15) is 4.79 Å². The Hall–Kier alpha value is -1.93. The molecule has 0 saturated carbocycles. The smallest absolute Gasteiger partial charge is 0.184 e. The van der Waals surface area contributed by atoms with Gasteiger partial charge in [0.1, 0.15) is 0 Å². The standard InChI is InChI=1S/C20H25NO/c1-12-13(2)15(4)18(16(5)14(12)3)20(22)19(21-6)17-10-8-7-9-11-17/h7-11,19,21H,1-6H3. The van der Waals surface area contributed by atoms with Gasteiger partial charge in [-0.05, 0) is 75.0 Å². The molecule has 2 rings (SSSR count). The number of hydrogen-bond donors (Lipinski definition) is 1. The van der Waals surface area contributed by atoms with Crippen molar-refractivity contribution in [2.75, 3.05) is 7.05 Å². The normalized spacial score (nSPS) is 12.3. The highest BCUT2D eigenvalue weighted by atomic mass is 16.1. The van der Waals surface area contributed by atoms with Crippen LogP contribution in [0.3, 0.4) is 0 Å². The van der Waals surface area contributed by atoms with Crippen LogP contribution in [-0.2, 0) is 0 Å². The first-order valence-corrected chi connectivity index (χ1v) is 7.73. The first kappa shape index (κ1) is 16.4. The molecule has 2 aromatic carbocycles. The lowest BCUT2D eigenvalue weighted by molar-refractivity contribution is 0.0945. The summed E-state index contributed by atoms with van der Waals surface area (Å²) in [5.74, 6) is 0.148. The van der Waals surface area contributed by atoms with E-state index in [0.717, 1.165) is 22.3 Å². The van der Waals surface area contributed by atoms with E-state index >= 15 is 0 Å². The van der Waals surface area contributed by atoms with E-state index in [4.69, 9.17) is 0 Å². The molecule has 0 saturated heterocycles. The largest absolute Gasteiger partial charge is 0.307 e. The lowest BCUT2D eigenvalue weighted by atomic mass is 9.85. The predicted octanol–water partition coefficient (Wildman–Crippen LogP) is 4.37. The molecule has 0 fully saturated rings. The second-order valence-corrected chi connectivity index (χ2v) is 6.00. The Kier molecular flexibility index (Phi) is 4.82. The zero-order valence-electron chi connectivity index (χ0n) is 14.4. The zero-order valence-corrected chi connectivity index (χ0v) is 14.4. The van der Waals surface area contributed by atoms with E-state index in [1.54, 1.807) is 0 Å². The third kappa shape index (κ3) is 2.71. The van der Waals surface area contributed by atoms with Gasteiger partial charge < -0.3 is 5.32 Å². The summed E-state index contributed by atoms with van der Waals surface area (Å²) in [7, 11) is 1.84. The van der Waals surface area contributed by atoms with Crippen LogP contribution >= 0.6 is 0 Å². The van der Waals surface area contributed by atoms with Crippen molar-refractivity contribution in [2.24, 2.45) is 0 Å². The van der Waals surface area contributed by atoms with Crippen molar-refractivity contribution < 1.29 is 4.79 Å². The predicted molar refractivity (Wildman–Crippen MR) is 92.7 cm³/mol. The highest BCUT2D eigenvalue weighted by Crippen LogP contribution is 2.29. The number of ketones is 1. The van der Waals surface area contributed by atoms with Crippen LogP contribution in [0.5, 0.6) is 0 Å². The van der Waals surface area contributed by atoms with Gasteiger partial charge in [0.15, 0.2) is 5.78 Å². The van der Waals surface area contributed by atoms with Gasteiger partial charge in [0.2, 0.25) is 0 Å². The van der Waals surface area contributed by atoms with Crippen molar-refractivity contribution in [2.45, 2.75) is 40.7 Å². The van der Waals surface area contributed by atoms with Crippen LogP contribution in [-0.4, -0.2) is 12.8 Å². The van der Waals surface area contributed by atoms with Crippen LogP contribution in [0, 0.1) is 34.6 Å². The maximum atomic E-state index is 13.2. The molecular weight excluding hydrogens is 270 g/mol. The van der Waals surface area contributed by atoms with E-state index < -0.39 is 0 Å². The minimum absolute atomic E-state index is 0.148. The van der Waals surface area contributed by atoms with Gasteiger partial charge in [-0.3, -0.25) is 4.79 Å². The maximum absolute atomic E-state index is 13.2. The van der Waals surface area contributed by atoms with Gasteiger partial charge in [-0.1, -0.05) is 30.3 Å². The fourth-order valence-corrected chi connectivity index (χ4v) is 3.11. The molecule has 0 aliphatic heterocycles.